The molecule has 0 radical (unpaired) electrons. The van der Waals surface area contributed by atoms with Crippen LogP contribution in [0.2, 0.25) is 0 Å². The number of H-pyrrole nitrogens is 1. The fourth-order valence-corrected chi connectivity index (χ4v) is 5.43. The van der Waals surface area contributed by atoms with Crippen molar-refractivity contribution in [2.75, 3.05) is 19.6 Å². The van der Waals surface area contributed by atoms with E-state index in [-0.39, 0.29) is 23.8 Å². The molecule has 2 fully saturated rings. The van der Waals surface area contributed by atoms with Crippen molar-refractivity contribution in [2.45, 2.75) is 26.3 Å². The van der Waals surface area contributed by atoms with Crippen molar-refractivity contribution in [3.63, 3.8) is 0 Å². The van der Waals surface area contributed by atoms with Crippen LogP contribution in [-0.4, -0.2) is 46.2 Å². The van der Waals surface area contributed by atoms with E-state index in [1.807, 2.05) is 48.4 Å². The van der Waals surface area contributed by atoms with Crippen LogP contribution in [0.3, 0.4) is 0 Å². The van der Waals surface area contributed by atoms with Crippen molar-refractivity contribution in [3.8, 4) is 0 Å². The van der Waals surface area contributed by atoms with E-state index in [0.717, 1.165) is 23.0 Å². The molecule has 0 aliphatic carbocycles. The van der Waals surface area contributed by atoms with Crippen molar-refractivity contribution < 1.29 is 9.59 Å². The van der Waals surface area contributed by atoms with E-state index in [2.05, 4.69) is 35.0 Å². The summed E-state index contributed by atoms with van der Waals surface area (Å²) in [7, 11) is 0. The minimum Gasteiger partial charge on any atom is -0.361 e. The fraction of sp³-hybridized carbons (Fsp3) is 0.360. The van der Waals surface area contributed by atoms with Gasteiger partial charge in [0.05, 0.1) is 6.04 Å². The molecule has 0 bridgehead atoms. The van der Waals surface area contributed by atoms with Gasteiger partial charge in [-0.15, -0.1) is 0 Å². The summed E-state index contributed by atoms with van der Waals surface area (Å²) < 4.78 is 0. The summed E-state index contributed by atoms with van der Waals surface area (Å²) in [5, 5.41) is 0.970. The number of hydrogen-bond donors (Lipinski definition) is 1. The van der Waals surface area contributed by atoms with E-state index in [1.165, 1.54) is 11.1 Å². The van der Waals surface area contributed by atoms with E-state index in [0.29, 0.717) is 25.4 Å². The molecule has 5 nitrogen and oxygen atoms in total. The minimum atomic E-state index is 0.0458. The van der Waals surface area contributed by atoms with Gasteiger partial charge in [-0.05, 0) is 36.2 Å². The molecular formula is C25H27N3O2. The number of hydrogen-bond acceptors (Lipinski definition) is 2. The average Bonchev–Trinajstić information content (AvgIpc) is 3.47. The molecule has 2 aromatic carbocycles. The van der Waals surface area contributed by atoms with Crippen molar-refractivity contribution in [3.05, 3.63) is 71.4 Å². The van der Waals surface area contributed by atoms with Gasteiger partial charge in [-0.2, -0.15) is 0 Å². The van der Waals surface area contributed by atoms with Gasteiger partial charge in [0.1, 0.15) is 0 Å². The normalized spacial score (nSPS) is 23.2. The Morgan fingerprint density at radius 3 is 2.67 bits per heavy atom. The van der Waals surface area contributed by atoms with Gasteiger partial charge in [0.25, 0.3) is 5.91 Å². The highest BCUT2D eigenvalue weighted by molar-refractivity contribution is 6.06. The van der Waals surface area contributed by atoms with E-state index >= 15 is 0 Å². The molecule has 0 saturated carbocycles. The van der Waals surface area contributed by atoms with Crippen LogP contribution in [0.25, 0.3) is 10.9 Å². The first-order chi connectivity index (χ1) is 14.6. The summed E-state index contributed by atoms with van der Waals surface area (Å²) in [6.07, 6.45) is 2.39. The molecule has 1 N–H and O–H groups in total. The van der Waals surface area contributed by atoms with Gasteiger partial charge in [-0.25, -0.2) is 0 Å². The first-order valence-corrected chi connectivity index (χ1v) is 10.8. The standard InChI is InChI=1S/C25H27N3O2/c1-3-23(29)28-14-17-13-27(15-21(17)24(28)18-8-5-4-7-16(18)2)25(30)20-9-6-10-22-19(20)11-12-26-22/h4-12,17,21,24,26H,3,13-15H2,1-2H3/t17-,21-,24+/m0/s1. The summed E-state index contributed by atoms with van der Waals surface area (Å²) in [6.45, 7) is 6.17. The number of rotatable bonds is 3. The summed E-state index contributed by atoms with van der Waals surface area (Å²) >= 11 is 0. The summed E-state index contributed by atoms with van der Waals surface area (Å²) in [6, 6.07) is 16.2. The van der Waals surface area contributed by atoms with Gasteiger partial charge in [-0.1, -0.05) is 37.3 Å². The molecule has 2 amide bonds. The minimum absolute atomic E-state index is 0.0458. The molecule has 5 rings (SSSR count). The van der Waals surface area contributed by atoms with Crippen LogP contribution in [0.4, 0.5) is 0 Å². The van der Waals surface area contributed by atoms with E-state index in [4.69, 9.17) is 0 Å². The quantitative estimate of drug-likeness (QED) is 0.717. The number of benzene rings is 2. The Morgan fingerprint density at radius 1 is 1.03 bits per heavy atom. The van der Waals surface area contributed by atoms with Crippen LogP contribution >= 0.6 is 0 Å². The predicted molar refractivity (Wildman–Crippen MR) is 117 cm³/mol. The zero-order valence-corrected chi connectivity index (χ0v) is 17.5. The SMILES string of the molecule is CCC(=O)N1C[C@@H]2CN(C(=O)c3cccc4[nH]ccc34)C[C@@H]2[C@H]1c1ccccc1C. The molecule has 0 unspecified atom stereocenters. The number of aromatic amines is 1. The van der Waals surface area contributed by atoms with E-state index in [9.17, 15) is 9.59 Å². The molecule has 154 valence electrons. The summed E-state index contributed by atoms with van der Waals surface area (Å²) in [4.78, 5) is 33.4. The van der Waals surface area contributed by atoms with E-state index in [1.54, 1.807) is 0 Å². The average molecular weight is 402 g/mol. The number of aromatic nitrogens is 1. The Hall–Kier alpha value is -3.08. The lowest BCUT2D eigenvalue weighted by molar-refractivity contribution is -0.132. The Morgan fingerprint density at radius 2 is 1.87 bits per heavy atom. The number of aryl methyl sites for hydroxylation is 1. The van der Waals surface area contributed by atoms with Crippen LogP contribution in [0.1, 0.15) is 40.9 Å². The zero-order valence-electron chi connectivity index (χ0n) is 17.5. The lowest BCUT2D eigenvalue weighted by Crippen LogP contribution is -2.37. The third-order valence-corrected chi connectivity index (χ3v) is 6.91. The van der Waals surface area contributed by atoms with Gasteiger partial charge in [0.15, 0.2) is 0 Å². The van der Waals surface area contributed by atoms with Crippen molar-refractivity contribution in [1.82, 2.24) is 14.8 Å². The molecule has 2 saturated heterocycles. The molecule has 3 heterocycles. The predicted octanol–water partition coefficient (Wildman–Crippen LogP) is 4.16. The van der Waals surface area contributed by atoms with Gasteiger partial charge in [-0.3, -0.25) is 9.59 Å². The monoisotopic (exact) mass is 401 g/mol. The third-order valence-electron chi connectivity index (χ3n) is 6.91. The number of amides is 2. The van der Waals surface area contributed by atoms with Gasteiger partial charge >= 0.3 is 0 Å². The first kappa shape index (κ1) is 18.9. The molecule has 5 heteroatoms. The van der Waals surface area contributed by atoms with Crippen LogP contribution in [0, 0.1) is 18.8 Å². The number of nitrogens with zero attached hydrogens (tertiary/aromatic N) is 2. The van der Waals surface area contributed by atoms with Gasteiger partial charge in [0, 0.05) is 60.6 Å². The molecule has 30 heavy (non-hydrogen) atoms. The smallest absolute Gasteiger partial charge is 0.254 e. The molecule has 3 atom stereocenters. The lowest BCUT2D eigenvalue weighted by atomic mass is 9.87. The number of likely N-dealkylation sites (tertiary alicyclic amines) is 2. The number of carbonyl (C=O) groups is 2. The second-order valence-corrected chi connectivity index (χ2v) is 8.58. The Kier molecular flexibility index (Phi) is 4.61. The maximum absolute atomic E-state index is 13.4. The first-order valence-electron chi connectivity index (χ1n) is 10.8. The van der Waals surface area contributed by atoms with Crippen LogP contribution in [0.5, 0.6) is 0 Å². The second-order valence-electron chi connectivity index (χ2n) is 8.58. The fourth-order valence-electron chi connectivity index (χ4n) is 5.43. The number of fused-ring (bicyclic) bond motifs is 2. The molecule has 3 aromatic rings. The van der Waals surface area contributed by atoms with Crippen LogP contribution in [0.15, 0.2) is 54.7 Å². The highest BCUT2D eigenvalue weighted by atomic mass is 16.2. The van der Waals surface area contributed by atoms with Gasteiger partial charge in [0.2, 0.25) is 5.91 Å². The lowest BCUT2D eigenvalue weighted by Gasteiger charge is -2.31. The van der Waals surface area contributed by atoms with Crippen LogP contribution in [-0.2, 0) is 4.79 Å². The third kappa shape index (κ3) is 2.92. The molecule has 2 aliphatic rings. The summed E-state index contributed by atoms with van der Waals surface area (Å²) in [5.74, 6) is 0.884. The molecular weight excluding hydrogens is 374 g/mol. The van der Waals surface area contributed by atoms with E-state index < -0.39 is 0 Å². The largest absolute Gasteiger partial charge is 0.361 e. The highest BCUT2D eigenvalue weighted by Gasteiger charge is 2.50. The maximum Gasteiger partial charge on any atom is 0.254 e. The van der Waals surface area contributed by atoms with Crippen molar-refractivity contribution in [1.29, 1.82) is 0 Å². The summed E-state index contributed by atoms with van der Waals surface area (Å²) in [5.41, 5.74) is 4.16. The second kappa shape index (κ2) is 7.31. The molecule has 0 spiro atoms. The van der Waals surface area contributed by atoms with Crippen LogP contribution < -0.4 is 0 Å². The Labute approximate surface area is 176 Å². The molecule has 1 aromatic heterocycles. The topological polar surface area (TPSA) is 56.4 Å². The molecule has 2 aliphatic heterocycles. The van der Waals surface area contributed by atoms with Gasteiger partial charge < -0.3 is 14.8 Å². The number of nitrogens with one attached hydrogen (secondary N) is 1. The van der Waals surface area contributed by atoms with Crippen molar-refractivity contribution in [2.24, 2.45) is 11.8 Å². The zero-order chi connectivity index (χ0) is 20.8. The number of carbonyl (C=O) groups excluding carboxylic acids is 2. The highest BCUT2D eigenvalue weighted by Crippen LogP contribution is 2.46. The maximum atomic E-state index is 13.4. The Balaban J connectivity index is 1.46. The Bertz CT molecular complexity index is 1120. The van der Waals surface area contributed by atoms with Crippen molar-refractivity contribution >= 4 is 22.7 Å².